The third kappa shape index (κ3) is 5.75. The van der Waals surface area contributed by atoms with E-state index in [0.717, 1.165) is 56.1 Å². The highest BCUT2D eigenvalue weighted by Gasteiger charge is 2.34. The largest absolute Gasteiger partial charge is 0.494 e. The molecular formula is C29H39N3O3. The molecule has 1 amide bonds. The Balaban J connectivity index is 1.09. The van der Waals surface area contributed by atoms with Crippen LogP contribution in [0.3, 0.4) is 0 Å². The summed E-state index contributed by atoms with van der Waals surface area (Å²) in [6.45, 7) is 11.6. The minimum absolute atomic E-state index is 0.0764. The number of anilines is 1. The van der Waals surface area contributed by atoms with Crippen molar-refractivity contribution in [2.24, 2.45) is 0 Å². The summed E-state index contributed by atoms with van der Waals surface area (Å²) in [5, 5.41) is 0. The fourth-order valence-corrected chi connectivity index (χ4v) is 5.54. The van der Waals surface area contributed by atoms with Gasteiger partial charge in [0.1, 0.15) is 17.1 Å². The second-order valence-corrected chi connectivity index (χ2v) is 10.7. The molecule has 2 fully saturated rings. The van der Waals surface area contributed by atoms with Crippen LogP contribution >= 0.6 is 0 Å². The molecule has 188 valence electrons. The van der Waals surface area contributed by atoms with Crippen LogP contribution in [0.1, 0.15) is 55.5 Å². The average molecular weight is 478 g/mol. The molecule has 0 unspecified atom stereocenters. The summed E-state index contributed by atoms with van der Waals surface area (Å²) in [6.07, 6.45) is 5.98. The van der Waals surface area contributed by atoms with Gasteiger partial charge in [-0.25, -0.2) is 0 Å². The second-order valence-electron chi connectivity index (χ2n) is 10.7. The highest BCUT2D eigenvalue weighted by molar-refractivity contribution is 5.97. The number of likely N-dealkylation sites (tertiary alicyclic amines) is 1. The molecule has 2 aromatic rings. The molecule has 0 saturated carbocycles. The van der Waals surface area contributed by atoms with Gasteiger partial charge in [-0.1, -0.05) is 18.6 Å². The molecule has 2 aromatic carbocycles. The summed E-state index contributed by atoms with van der Waals surface area (Å²) in [7, 11) is 0. The molecule has 5 rings (SSSR count). The zero-order valence-electron chi connectivity index (χ0n) is 21.3. The lowest BCUT2D eigenvalue weighted by atomic mass is 10.00. The van der Waals surface area contributed by atoms with Crippen LogP contribution in [0.15, 0.2) is 42.5 Å². The van der Waals surface area contributed by atoms with Crippen LogP contribution in [0.2, 0.25) is 0 Å². The van der Waals surface area contributed by atoms with E-state index in [2.05, 4.69) is 54.0 Å². The number of piperazine rings is 1. The highest BCUT2D eigenvalue weighted by atomic mass is 16.5. The SMILES string of the molecule is CC1(C)Cc2cccc(C(=O)N3CCN(c4ccc(OCCCN5CCCCC5)cc4)CC3)c2O1. The van der Waals surface area contributed by atoms with Crippen LogP contribution in [0, 0.1) is 0 Å². The van der Waals surface area contributed by atoms with Gasteiger partial charge in [0.15, 0.2) is 0 Å². The number of nitrogens with zero attached hydrogens (tertiary/aromatic N) is 3. The molecular weight excluding hydrogens is 438 g/mol. The Morgan fingerprint density at radius 3 is 2.43 bits per heavy atom. The van der Waals surface area contributed by atoms with Gasteiger partial charge in [0.2, 0.25) is 0 Å². The van der Waals surface area contributed by atoms with Gasteiger partial charge in [0.25, 0.3) is 5.91 Å². The summed E-state index contributed by atoms with van der Waals surface area (Å²) >= 11 is 0. The number of benzene rings is 2. The summed E-state index contributed by atoms with van der Waals surface area (Å²) in [5.74, 6) is 1.78. The smallest absolute Gasteiger partial charge is 0.257 e. The van der Waals surface area contributed by atoms with Gasteiger partial charge < -0.3 is 24.2 Å². The quantitative estimate of drug-likeness (QED) is 0.545. The number of para-hydroxylation sites is 1. The summed E-state index contributed by atoms with van der Waals surface area (Å²) in [6, 6.07) is 14.4. The van der Waals surface area contributed by atoms with Gasteiger partial charge in [-0.3, -0.25) is 4.79 Å². The van der Waals surface area contributed by atoms with Gasteiger partial charge in [0, 0.05) is 44.8 Å². The number of fused-ring (bicyclic) bond motifs is 1. The van der Waals surface area contributed by atoms with Crippen LogP contribution in [-0.2, 0) is 6.42 Å². The van der Waals surface area contributed by atoms with E-state index in [4.69, 9.17) is 9.47 Å². The monoisotopic (exact) mass is 477 g/mol. The molecule has 0 atom stereocenters. The molecule has 0 bridgehead atoms. The van der Waals surface area contributed by atoms with Crippen molar-refractivity contribution in [1.82, 2.24) is 9.80 Å². The first-order valence-corrected chi connectivity index (χ1v) is 13.3. The predicted octanol–water partition coefficient (Wildman–Crippen LogP) is 4.62. The number of ether oxygens (including phenoxy) is 2. The highest BCUT2D eigenvalue weighted by Crippen LogP contribution is 2.38. The summed E-state index contributed by atoms with van der Waals surface area (Å²) in [4.78, 5) is 20.2. The van der Waals surface area contributed by atoms with Crippen LogP contribution < -0.4 is 14.4 Å². The molecule has 0 spiro atoms. The maximum atomic E-state index is 13.3. The van der Waals surface area contributed by atoms with Crippen LogP contribution in [-0.4, -0.2) is 73.7 Å². The number of hydrogen-bond donors (Lipinski definition) is 0. The lowest BCUT2D eigenvalue weighted by Crippen LogP contribution is -2.48. The Labute approximate surface area is 209 Å². The number of carbonyl (C=O) groups is 1. The van der Waals surface area contributed by atoms with Crippen LogP contribution in [0.25, 0.3) is 0 Å². The minimum Gasteiger partial charge on any atom is -0.494 e. The maximum absolute atomic E-state index is 13.3. The van der Waals surface area contributed by atoms with E-state index >= 15 is 0 Å². The van der Waals surface area contributed by atoms with Gasteiger partial charge >= 0.3 is 0 Å². The molecule has 3 heterocycles. The van der Waals surface area contributed by atoms with Crippen molar-refractivity contribution in [1.29, 1.82) is 0 Å². The van der Waals surface area contributed by atoms with E-state index in [1.54, 1.807) is 0 Å². The van der Waals surface area contributed by atoms with Crippen molar-refractivity contribution in [3.8, 4) is 11.5 Å². The predicted molar refractivity (Wildman–Crippen MR) is 140 cm³/mol. The van der Waals surface area contributed by atoms with E-state index in [1.165, 1.54) is 38.0 Å². The van der Waals surface area contributed by atoms with Gasteiger partial charge in [0.05, 0.1) is 12.2 Å². The standard InChI is InChI=1S/C29H39N3O3/c1-29(2)22-23-8-6-9-26(27(23)35-29)28(33)32-19-17-31(18-20-32)24-10-12-25(13-11-24)34-21-7-16-30-14-4-3-5-15-30/h6,8-13H,3-5,7,14-22H2,1-2H3. The Morgan fingerprint density at radius 2 is 1.69 bits per heavy atom. The molecule has 0 aliphatic carbocycles. The Hall–Kier alpha value is -2.73. The first-order chi connectivity index (χ1) is 17.0. The molecule has 6 nitrogen and oxygen atoms in total. The van der Waals surface area contributed by atoms with Crippen molar-refractivity contribution in [3.63, 3.8) is 0 Å². The topological polar surface area (TPSA) is 45.2 Å². The summed E-state index contributed by atoms with van der Waals surface area (Å²) in [5.41, 5.74) is 2.76. The second kappa shape index (κ2) is 10.5. The fraction of sp³-hybridized carbons (Fsp3) is 0.552. The van der Waals surface area contributed by atoms with Crippen molar-refractivity contribution >= 4 is 11.6 Å². The third-order valence-electron chi connectivity index (χ3n) is 7.43. The molecule has 0 N–H and O–H groups in total. The average Bonchev–Trinajstić information content (AvgIpc) is 3.21. The maximum Gasteiger partial charge on any atom is 0.257 e. The van der Waals surface area contributed by atoms with E-state index in [0.29, 0.717) is 18.7 Å². The van der Waals surface area contributed by atoms with Crippen molar-refractivity contribution < 1.29 is 14.3 Å². The Morgan fingerprint density at radius 1 is 0.943 bits per heavy atom. The van der Waals surface area contributed by atoms with Crippen molar-refractivity contribution in [3.05, 3.63) is 53.6 Å². The zero-order valence-corrected chi connectivity index (χ0v) is 21.3. The van der Waals surface area contributed by atoms with Crippen molar-refractivity contribution in [2.75, 3.05) is 57.3 Å². The van der Waals surface area contributed by atoms with Gasteiger partial charge in [-0.05, 0) is 82.1 Å². The van der Waals surface area contributed by atoms with E-state index in [-0.39, 0.29) is 11.5 Å². The van der Waals surface area contributed by atoms with E-state index < -0.39 is 0 Å². The number of carbonyl (C=O) groups excluding carboxylic acids is 1. The Kier molecular flexibility index (Phi) is 7.19. The zero-order chi connectivity index (χ0) is 24.3. The fourth-order valence-electron chi connectivity index (χ4n) is 5.54. The summed E-state index contributed by atoms with van der Waals surface area (Å²) < 4.78 is 12.1. The molecule has 3 aliphatic heterocycles. The molecule has 6 heteroatoms. The molecule has 35 heavy (non-hydrogen) atoms. The molecule has 0 aromatic heterocycles. The first kappa shape index (κ1) is 24.0. The lowest BCUT2D eigenvalue weighted by molar-refractivity contribution is 0.0735. The van der Waals surface area contributed by atoms with Crippen LogP contribution in [0.5, 0.6) is 11.5 Å². The number of hydrogen-bond acceptors (Lipinski definition) is 5. The Bertz CT molecular complexity index is 1010. The number of amides is 1. The third-order valence-corrected chi connectivity index (χ3v) is 7.43. The normalized spacial score (nSPS) is 19.8. The lowest BCUT2D eigenvalue weighted by Gasteiger charge is -2.36. The molecule has 3 aliphatic rings. The number of rotatable bonds is 7. The molecule has 0 radical (unpaired) electrons. The van der Waals surface area contributed by atoms with Gasteiger partial charge in [-0.15, -0.1) is 0 Å². The first-order valence-electron chi connectivity index (χ1n) is 13.3. The van der Waals surface area contributed by atoms with E-state index in [1.807, 2.05) is 17.0 Å². The minimum atomic E-state index is -0.249. The number of piperidine rings is 1. The van der Waals surface area contributed by atoms with Crippen molar-refractivity contribution in [2.45, 2.75) is 51.6 Å². The van der Waals surface area contributed by atoms with E-state index in [9.17, 15) is 4.79 Å². The molecule has 2 saturated heterocycles. The van der Waals surface area contributed by atoms with Gasteiger partial charge in [-0.2, -0.15) is 0 Å². The van der Waals surface area contributed by atoms with Crippen LogP contribution in [0.4, 0.5) is 5.69 Å².